The van der Waals surface area contributed by atoms with Gasteiger partial charge in [0, 0.05) is 34.2 Å². The summed E-state index contributed by atoms with van der Waals surface area (Å²) >= 11 is 1.71. The fourth-order valence-electron chi connectivity index (χ4n) is 3.55. The Morgan fingerprint density at radius 2 is 2.00 bits per heavy atom. The van der Waals surface area contributed by atoms with Crippen LogP contribution in [0.25, 0.3) is 11.4 Å². The molecule has 0 spiro atoms. The molecule has 0 aliphatic carbocycles. The minimum atomic E-state index is -0.393. The molecule has 0 fully saturated rings. The van der Waals surface area contributed by atoms with Gasteiger partial charge in [-0.25, -0.2) is 0 Å². The quantitative estimate of drug-likeness (QED) is 0.451. The van der Waals surface area contributed by atoms with Crippen LogP contribution in [0.4, 0.5) is 0 Å². The number of aromatic nitrogens is 4. The molecule has 7 nitrogen and oxygen atoms in total. The maximum atomic E-state index is 13.2. The third-order valence-electron chi connectivity index (χ3n) is 5.31. The van der Waals surface area contributed by atoms with Crippen LogP contribution in [-0.2, 0) is 6.54 Å². The molecule has 0 aromatic carbocycles. The zero-order chi connectivity index (χ0) is 22.0. The molecule has 1 N–H and O–H groups in total. The summed E-state index contributed by atoms with van der Waals surface area (Å²) in [5.41, 5.74) is 3.47. The normalized spacial score (nSPS) is 12.3. The number of carbonyl (C=O) groups excluding carboxylic acids is 1. The molecule has 0 aliphatic rings. The van der Waals surface area contributed by atoms with Crippen LogP contribution in [0.3, 0.4) is 0 Å². The molecular formula is C23H25N5O2S. The molecule has 4 aromatic rings. The van der Waals surface area contributed by atoms with Crippen molar-refractivity contribution in [3.05, 3.63) is 75.8 Å². The highest BCUT2D eigenvalue weighted by atomic mass is 32.1. The van der Waals surface area contributed by atoms with Gasteiger partial charge in [0.2, 0.25) is 11.7 Å². The van der Waals surface area contributed by atoms with Crippen molar-refractivity contribution in [3.8, 4) is 11.4 Å². The van der Waals surface area contributed by atoms with Gasteiger partial charge in [-0.1, -0.05) is 25.1 Å². The van der Waals surface area contributed by atoms with Crippen LogP contribution in [0.15, 0.2) is 52.6 Å². The van der Waals surface area contributed by atoms with Gasteiger partial charge in [0.15, 0.2) is 0 Å². The standard InChI is InChI=1S/C23H25N5O2S/c1-14(2)20(23-26-21(27-30-23)17-7-9-24-10-8-17)25-22(29)19-12-15(3)28(16(19)4)13-18-6-5-11-31-18/h5-12,14,20H,13H2,1-4H3,(H,25,29). The number of amides is 1. The Bertz CT molecular complexity index is 1160. The van der Waals surface area contributed by atoms with Gasteiger partial charge in [-0.3, -0.25) is 9.78 Å². The first-order valence-corrected chi connectivity index (χ1v) is 11.1. The summed E-state index contributed by atoms with van der Waals surface area (Å²) < 4.78 is 7.67. The van der Waals surface area contributed by atoms with Crippen molar-refractivity contribution in [1.82, 2.24) is 25.0 Å². The second-order valence-corrected chi connectivity index (χ2v) is 8.87. The van der Waals surface area contributed by atoms with E-state index in [2.05, 4.69) is 36.5 Å². The largest absolute Gasteiger partial charge is 0.343 e. The smallest absolute Gasteiger partial charge is 0.253 e. The lowest BCUT2D eigenvalue weighted by molar-refractivity contribution is 0.0913. The summed E-state index contributed by atoms with van der Waals surface area (Å²) in [7, 11) is 0. The van der Waals surface area contributed by atoms with E-state index < -0.39 is 6.04 Å². The first kappa shape index (κ1) is 21.0. The van der Waals surface area contributed by atoms with Gasteiger partial charge in [0.05, 0.1) is 12.1 Å². The SMILES string of the molecule is Cc1cc(C(=O)NC(c2nc(-c3ccncc3)no2)C(C)C)c(C)n1Cc1cccs1. The van der Waals surface area contributed by atoms with E-state index in [1.54, 1.807) is 23.7 Å². The molecule has 4 aromatic heterocycles. The summed E-state index contributed by atoms with van der Waals surface area (Å²) in [6.07, 6.45) is 3.36. The van der Waals surface area contributed by atoms with E-state index in [1.807, 2.05) is 52.0 Å². The molecule has 0 aliphatic heterocycles. The van der Waals surface area contributed by atoms with E-state index in [0.29, 0.717) is 17.3 Å². The van der Waals surface area contributed by atoms with Gasteiger partial charge in [-0.05, 0) is 49.4 Å². The van der Waals surface area contributed by atoms with E-state index in [0.717, 1.165) is 23.5 Å². The highest BCUT2D eigenvalue weighted by Crippen LogP contribution is 2.25. The number of carbonyl (C=O) groups is 1. The Hall–Kier alpha value is -3.26. The topological polar surface area (TPSA) is 85.8 Å². The van der Waals surface area contributed by atoms with E-state index in [4.69, 9.17) is 4.52 Å². The molecular weight excluding hydrogens is 410 g/mol. The van der Waals surface area contributed by atoms with E-state index >= 15 is 0 Å². The van der Waals surface area contributed by atoms with Crippen LogP contribution in [-0.4, -0.2) is 25.6 Å². The molecule has 1 amide bonds. The van der Waals surface area contributed by atoms with Gasteiger partial charge >= 0.3 is 0 Å². The van der Waals surface area contributed by atoms with E-state index in [1.165, 1.54) is 4.88 Å². The summed E-state index contributed by atoms with van der Waals surface area (Å²) in [5, 5.41) is 9.24. The van der Waals surface area contributed by atoms with Gasteiger partial charge in [0.25, 0.3) is 5.91 Å². The Balaban J connectivity index is 1.56. The van der Waals surface area contributed by atoms with Gasteiger partial charge in [-0.15, -0.1) is 11.3 Å². The fourth-order valence-corrected chi connectivity index (χ4v) is 4.24. The Morgan fingerprint density at radius 3 is 2.68 bits per heavy atom. The molecule has 1 atom stereocenters. The molecule has 0 bridgehead atoms. The number of thiophene rings is 1. The molecule has 1 unspecified atom stereocenters. The van der Waals surface area contributed by atoms with Crippen molar-refractivity contribution in [2.75, 3.05) is 0 Å². The van der Waals surface area contributed by atoms with Crippen LogP contribution in [0.5, 0.6) is 0 Å². The lowest BCUT2D eigenvalue weighted by Crippen LogP contribution is -2.32. The minimum Gasteiger partial charge on any atom is -0.343 e. The maximum Gasteiger partial charge on any atom is 0.253 e. The van der Waals surface area contributed by atoms with Crippen LogP contribution in [0.2, 0.25) is 0 Å². The van der Waals surface area contributed by atoms with Gasteiger partial charge in [-0.2, -0.15) is 4.98 Å². The average molecular weight is 436 g/mol. The lowest BCUT2D eigenvalue weighted by atomic mass is 10.0. The van der Waals surface area contributed by atoms with Crippen molar-refractivity contribution in [3.63, 3.8) is 0 Å². The van der Waals surface area contributed by atoms with Crippen LogP contribution in [0.1, 0.15) is 52.4 Å². The molecule has 4 heterocycles. The van der Waals surface area contributed by atoms with Crippen LogP contribution >= 0.6 is 11.3 Å². The van der Waals surface area contributed by atoms with Crippen molar-refractivity contribution < 1.29 is 9.32 Å². The fraction of sp³-hybridized carbons (Fsp3) is 0.304. The average Bonchev–Trinajstić information content (AvgIpc) is 3.50. The molecule has 0 saturated carbocycles. The van der Waals surface area contributed by atoms with Crippen molar-refractivity contribution in [1.29, 1.82) is 0 Å². The number of hydrogen-bond donors (Lipinski definition) is 1. The monoisotopic (exact) mass is 435 g/mol. The molecule has 160 valence electrons. The van der Waals surface area contributed by atoms with Gasteiger partial charge < -0.3 is 14.4 Å². The number of pyridine rings is 1. The van der Waals surface area contributed by atoms with E-state index in [-0.39, 0.29) is 11.8 Å². The number of nitrogens with one attached hydrogen (secondary N) is 1. The number of rotatable bonds is 7. The third-order valence-corrected chi connectivity index (χ3v) is 6.17. The Kier molecular flexibility index (Phi) is 5.99. The zero-order valence-corrected chi connectivity index (χ0v) is 18.8. The number of aryl methyl sites for hydroxylation is 1. The molecule has 31 heavy (non-hydrogen) atoms. The zero-order valence-electron chi connectivity index (χ0n) is 18.0. The second kappa shape index (κ2) is 8.85. The van der Waals surface area contributed by atoms with Gasteiger partial charge in [0.1, 0.15) is 6.04 Å². The first-order chi connectivity index (χ1) is 14.9. The van der Waals surface area contributed by atoms with Crippen LogP contribution < -0.4 is 5.32 Å². The maximum absolute atomic E-state index is 13.2. The molecule has 4 rings (SSSR count). The Morgan fingerprint density at radius 1 is 1.23 bits per heavy atom. The highest BCUT2D eigenvalue weighted by Gasteiger charge is 2.27. The summed E-state index contributed by atoms with van der Waals surface area (Å²) in [5.74, 6) is 0.797. The lowest BCUT2D eigenvalue weighted by Gasteiger charge is -2.18. The molecule has 8 heteroatoms. The summed E-state index contributed by atoms with van der Waals surface area (Å²) in [6, 6.07) is 9.33. The van der Waals surface area contributed by atoms with Crippen molar-refractivity contribution in [2.24, 2.45) is 5.92 Å². The minimum absolute atomic E-state index is 0.0734. The van der Waals surface area contributed by atoms with Crippen molar-refractivity contribution in [2.45, 2.75) is 40.3 Å². The summed E-state index contributed by atoms with van der Waals surface area (Å²) in [6.45, 7) is 8.79. The predicted molar refractivity (Wildman–Crippen MR) is 120 cm³/mol. The predicted octanol–water partition coefficient (Wildman–Crippen LogP) is 4.79. The van der Waals surface area contributed by atoms with Crippen LogP contribution in [0, 0.1) is 19.8 Å². The second-order valence-electron chi connectivity index (χ2n) is 7.84. The number of nitrogens with zero attached hydrogens (tertiary/aromatic N) is 4. The molecule has 0 radical (unpaired) electrons. The third kappa shape index (κ3) is 4.44. The highest BCUT2D eigenvalue weighted by molar-refractivity contribution is 7.09. The first-order valence-electron chi connectivity index (χ1n) is 10.2. The summed E-state index contributed by atoms with van der Waals surface area (Å²) in [4.78, 5) is 23.0. The van der Waals surface area contributed by atoms with E-state index in [9.17, 15) is 4.79 Å². The molecule has 0 saturated heterocycles. The van der Waals surface area contributed by atoms with Crippen molar-refractivity contribution >= 4 is 17.2 Å². The number of hydrogen-bond acceptors (Lipinski definition) is 6. The Labute approximate surface area is 185 Å².